The summed E-state index contributed by atoms with van der Waals surface area (Å²) >= 11 is 0. The van der Waals surface area contributed by atoms with Gasteiger partial charge in [0.1, 0.15) is 5.75 Å². The van der Waals surface area contributed by atoms with Crippen LogP contribution >= 0.6 is 0 Å². The van der Waals surface area contributed by atoms with E-state index in [0.29, 0.717) is 22.4 Å². The molecule has 0 bridgehead atoms. The Balaban J connectivity index is 2.26. The molecule has 8 heteroatoms. The lowest BCUT2D eigenvalue weighted by Crippen LogP contribution is -2.15. The average molecular weight is 361 g/mol. The van der Waals surface area contributed by atoms with E-state index >= 15 is 0 Å². The minimum Gasteiger partial charge on any atom is -0.497 e. The number of fused-ring (bicyclic) bond motifs is 1. The molecule has 0 aliphatic carbocycles. The van der Waals surface area contributed by atoms with E-state index in [-0.39, 0.29) is 17.1 Å². The molecule has 25 heavy (non-hydrogen) atoms. The summed E-state index contributed by atoms with van der Waals surface area (Å²) in [5, 5.41) is 9.78. The number of nitrogens with zero attached hydrogens (tertiary/aromatic N) is 1. The summed E-state index contributed by atoms with van der Waals surface area (Å²) in [4.78, 5) is 15.7. The predicted molar refractivity (Wildman–Crippen MR) is 89.4 cm³/mol. The maximum atomic E-state index is 12.8. The number of ether oxygens (including phenoxy) is 1. The van der Waals surface area contributed by atoms with Crippen LogP contribution in [0.4, 0.5) is 0 Å². The van der Waals surface area contributed by atoms with Crippen molar-refractivity contribution in [2.45, 2.75) is 23.3 Å². The van der Waals surface area contributed by atoms with Gasteiger partial charge in [-0.2, -0.15) is 0 Å². The van der Waals surface area contributed by atoms with Gasteiger partial charge in [-0.1, -0.05) is 0 Å². The summed E-state index contributed by atoms with van der Waals surface area (Å²) in [6.45, 7) is 1.27. The highest BCUT2D eigenvalue weighted by atomic mass is 32.2. The van der Waals surface area contributed by atoms with Crippen molar-refractivity contribution in [3.05, 3.63) is 58.2 Å². The molecule has 0 aliphatic heterocycles. The number of aliphatic hydroxyl groups excluding tert-OH is 1. The molecule has 0 amide bonds. The summed E-state index contributed by atoms with van der Waals surface area (Å²) in [6.07, 6.45) is 1.42. The highest BCUT2D eigenvalue weighted by Gasteiger charge is 2.24. The predicted octanol–water partition coefficient (Wildman–Crippen LogP) is 1.83. The van der Waals surface area contributed by atoms with Crippen LogP contribution in [0.3, 0.4) is 0 Å². The van der Waals surface area contributed by atoms with Crippen LogP contribution in [0.2, 0.25) is 0 Å². The van der Waals surface area contributed by atoms with Crippen LogP contribution in [-0.2, 0) is 16.4 Å². The molecule has 3 aromatic rings. The van der Waals surface area contributed by atoms with Crippen LogP contribution in [-0.4, -0.2) is 25.6 Å². The summed E-state index contributed by atoms with van der Waals surface area (Å²) < 4.78 is 35.8. The molecular formula is C17H15NO6S. The lowest BCUT2D eigenvalue weighted by atomic mass is 10.1. The van der Waals surface area contributed by atoms with E-state index < -0.39 is 20.4 Å². The van der Waals surface area contributed by atoms with Gasteiger partial charge >= 0.3 is 5.63 Å². The average Bonchev–Trinajstić information content (AvgIpc) is 2.62. The first-order valence-electron chi connectivity index (χ1n) is 7.31. The summed E-state index contributed by atoms with van der Waals surface area (Å²) in [6, 6.07) is 6.90. The monoisotopic (exact) mass is 361 g/mol. The molecule has 2 heterocycles. The van der Waals surface area contributed by atoms with E-state index in [2.05, 4.69) is 4.98 Å². The maximum absolute atomic E-state index is 12.8. The molecule has 130 valence electrons. The van der Waals surface area contributed by atoms with Gasteiger partial charge in [-0.05, 0) is 37.3 Å². The van der Waals surface area contributed by atoms with Crippen molar-refractivity contribution < 1.29 is 22.7 Å². The smallest absolute Gasteiger partial charge is 0.355 e. The van der Waals surface area contributed by atoms with Gasteiger partial charge in [0.2, 0.25) is 9.84 Å². The van der Waals surface area contributed by atoms with Crippen LogP contribution < -0.4 is 10.4 Å². The lowest BCUT2D eigenvalue weighted by molar-refractivity contribution is 0.282. The van der Waals surface area contributed by atoms with E-state index in [0.717, 1.165) is 0 Å². The minimum absolute atomic E-state index is 0.0590. The minimum atomic E-state index is -4.09. The SMILES string of the molecule is COc1ccc(S(=O)(=O)c2cc3c(CO)cnc(C)c3oc2=O)cc1. The van der Waals surface area contributed by atoms with Crippen LogP contribution in [0, 0.1) is 6.92 Å². The summed E-state index contributed by atoms with van der Waals surface area (Å²) in [5.74, 6) is 0.494. The Kier molecular flexibility index (Phi) is 4.32. The van der Waals surface area contributed by atoms with Crippen molar-refractivity contribution in [1.82, 2.24) is 4.98 Å². The second kappa shape index (κ2) is 6.30. The molecule has 0 atom stereocenters. The Bertz CT molecular complexity index is 1100. The molecule has 0 spiro atoms. The fraction of sp³-hybridized carbons (Fsp3) is 0.176. The normalized spacial score (nSPS) is 11.6. The van der Waals surface area contributed by atoms with Crippen molar-refractivity contribution in [3.8, 4) is 5.75 Å². The molecule has 1 N–H and O–H groups in total. The zero-order valence-corrected chi connectivity index (χ0v) is 14.3. The van der Waals surface area contributed by atoms with Crippen molar-refractivity contribution in [2.75, 3.05) is 7.11 Å². The molecule has 0 unspecified atom stereocenters. The van der Waals surface area contributed by atoms with Crippen LogP contribution in [0.5, 0.6) is 5.75 Å². The number of aliphatic hydroxyl groups is 1. The van der Waals surface area contributed by atoms with E-state index in [4.69, 9.17) is 9.15 Å². The number of rotatable bonds is 4. The Morgan fingerprint density at radius 1 is 1.24 bits per heavy atom. The molecule has 0 saturated carbocycles. The zero-order chi connectivity index (χ0) is 18.2. The fourth-order valence-electron chi connectivity index (χ4n) is 2.46. The summed E-state index contributed by atoms with van der Waals surface area (Å²) in [5.41, 5.74) is -0.0261. The molecule has 1 aromatic carbocycles. The first-order chi connectivity index (χ1) is 11.9. The second-order valence-electron chi connectivity index (χ2n) is 5.35. The van der Waals surface area contributed by atoms with Crippen molar-refractivity contribution >= 4 is 20.8 Å². The third-order valence-electron chi connectivity index (χ3n) is 3.83. The van der Waals surface area contributed by atoms with E-state index in [1.807, 2.05) is 0 Å². The second-order valence-corrected chi connectivity index (χ2v) is 7.26. The van der Waals surface area contributed by atoms with Gasteiger partial charge in [0.15, 0.2) is 10.5 Å². The van der Waals surface area contributed by atoms with E-state index in [1.165, 1.54) is 43.6 Å². The standard InChI is InChI=1S/C17H15NO6S/c1-10-16-14(11(9-19)8-18-10)7-15(17(20)24-16)25(21,22)13-5-3-12(23-2)4-6-13/h3-8,19H,9H2,1-2H3. The number of sulfone groups is 1. The number of hydrogen-bond donors (Lipinski definition) is 1. The first kappa shape index (κ1) is 17.1. The zero-order valence-electron chi connectivity index (χ0n) is 13.5. The van der Waals surface area contributed by atoms with Gasteiger partial charge in [0.25, 0.3) is 0 Å². The molecule has 2 aromatic heterocycles. The topological polar surface area (TPSA) is 107 Å². The van der Waals surface area contributed by atoms with Gasteiger partial charge in [0, 0.05) is 17.1 Å². The molecule has 7 nitrogen and oxygen atoms in total. The fourth-order valence-corrected chi connectivity index (χ4v) is 3.74. The Hall–Kier alpha value is -2.71. The number of benzene rings is 1. The third kappa shape index (κ3) is 2.90. The highest BCUT2D eigenvalue weighted by molar-refractivity contribution is 7.91. The summed E-state index contributed by atoms with van der Waals surface area (Å²) in [7, 11) is -2.62. The van der Waals surface area contributed by atoms with Gasteiger partial charge in [-0.3, -0.25) is 4.98 Å². The van der Waals surface area contributed by atoms with E-state index in [9.17, 15) is 18.3 Å². The highest BCUT2D eigenvalue weighted by Crippen LogP contribution is 2.26. The molecule has 0 aliphatic rings. The molecule has 0 radical (unpaired) electrons. The van der Waals surface area contributed by atoms with Gasteiger partial charge in [0.05, 0.1) is 24.3 Å². The molecule has 0 saturated heterocycles. The number of aromatic nitrogens is 1. The van der Waals surface area contributed by atoms with Gasteiger partial charge in [-0.15, -0.1) is 0 Å². The maximum Gasteiger partial charge on any atom is 0.355 e. The van der Waals surface area contributed by atoms with Crippen molar-refractivity contribution in [3.63, 3.8) is 0 Å². The largest absolute Gasteiger partial charge is 0.497 e. The lowest BCUT2D eigenvalue weighted by Gasteiger charge is -2.08. The van der Waals surface area contributed by atoms with Crippen molar-refractivity contribution in [1.29, 1.82) is 0 Å². The third-order valence-corrected chi connectivity index (χ3v) is 5.59. The Morgan fingerprint density at radius 2 is 1.92 bits per heavy atom. The molecular weight excluding hydrogens is 346 g/mol. The van der Waals surface area contributed by atoms with Crippen LogP contribution in [0.1, 0.15) is 11.3 Å². The number of aryl methyl sites for hydroxylation is 1. The van der Waals surface area contributed by atoms with Gasteiger partial charge < -0.3 is 14.3 Å². The Morgan fingerprint density at radius 3 is 2.52 bits per heavy atom. The van der Waals surface area contributed by atoms with Gasteiger partial charge in [-0.25, -0.2) is 13.2 Å². The molecule has 3 rings (SSSR count). The Labute approximate surface area is 143 Å². The number of methoxy groups -OCH3 is 1. The quantitative estimate of drug-likeness (QED) is 0.755. The van der Waals surface area contributed by atoms with E-state index in [1.54, 1.807) is 6.92 Å². The first-order valence-corrected chi connectivity index (χ1v) is 8.79. The number of hydrogen-bond acceptors (Lipinski definition) is 7. The van der Waals surface area contributed by atoms with Crippen LogP contribution in [0.15, 0.2) is 55.5 Å². The van der Waals surface area contributed by atoms with Crippen molar-refractivity contribution in [2.24, 2.45) is 0 Å². The number of pyridine rings is 1. The van der Waals surface area contributed by atoms with Crippen LogP contribution in [0.25, 0.3) is 11.0 Å². The molecule has 0 fully saturated rings.